The zero-order valence-electron chi connectivity index (χ0n) is 12.3. The molecule has 6 nitrogen and oxygen atoms in total. The van der Waals surface area contributed by atoms with Crippen molar-refractivity contribution in [2.24, 2.45) is 5.92 Å². The number of aromatic nitrogens is 2. The average molecular weight is 320 g/mol. The molecule has 0 unspecified atom stereocenters. The monoisotopic (exact) mass is 320 g/mol. The molecule has 0 atom stereocenters. The molecule has 1 rings (SSSR count). The van der Waals surface area contributed by atoms with Gasteiger partial charge in [-0.3, -0.25) is 4.72 Å². The Labute approximate surface area is 125 Å². The molecule has 0 aliphatic rings. The number of nitrogens with zero attached hydrogens (tertiary/aromatic N) is 2. The van der Waals surface area contributed by atoms with Crippen LogP contribution in [-0.2, 0) is 16.4 Å². The van der Waals surface area contributed by atoms with Crippen LogP contribution in [0.3, 0.4) is 0 Å². The highest BCUT2D eigenvalue weighted by atomic mass is 32.2. The summed E-state index contributed by atoms with van der Waals surface area (Å²) in [7, 11) is -3.31. The molecule has 8 heteroatoms. The zero-order chi connectivity index (χ0) is 15.0. The fourth-order valence-corrected chi connectivity index (χ4v) is 3.97. The summed E-state index contributed by atoms with van der Waals surface area (Å²) < 4.78 is 26.2. The molecule has 0 fully saturated rings. The molecule has 1 aromatic rings. The molecule has 1 aromatic heterocycles. The van der Waals surface area contributed by atoms with E-state index in [4.69, 9.17) is 0 Å². The number of anilines is 1. The van der Waals surface area contributed by atoms with Gasteiger partial charge in [-0.05, 0) is 31.8 Å². The molecule has 2 N–H and O–H groups in total. The lowest BCUT2D eigenvalue weighted by Crippen LogP contribution is -2.19. The van der Waals surface area contributed by atoms with Crippen LogP contribution in [-0.4, -0.2) is 37.5 Å². The largest absolute Gasteiger partial charge is 0.317 e. The first-order valence-electron chi connectivity index (χ1n) is 6.96. The minimum atomic E-state index is -3.31. The summed E-state index contributed by atoms with van der Waals surface area (Å²) in [4.78, 5) is 0. The Morgan fingerprint density at radius 3 is 2.65 bits per heavy atom. The summed E-state index contributed by atoms with van der Waals surface area (Å²) in [5, 5.41) is 12.3. The van der Waals surface area contributed by atoms with E-state index in [0.717, 1.165) is 30.9 Å². The van der Waals surface area contributed by atoms with Crippen molar-refractivity contribution in [1.29, 1.82) is 0 Å². The summed E-state index contributed by atoms with van der Waals surface area (Å²) >= 11 is 1.31. The summed E-state index contributed by atoms with van der Waals surface area (Å²) in [6.45, 7) is 7.98. The number of hydrogen-bond acceptors (Lipinski definition) is 6. The molecule has 1 heterocycles. The van der Waals surface area contributed by atoms with Gasteiger partial charge in [-0.1, -0.05) is 32.1 Å². The first-order valence-corrected chi connectivity index (χ1v) is 9.43. The van der Waals surface area contributed by atoms with Crippen LogP contribution in [0, 0.1) is 5.92 Å². The average Bonchev–Trinajstić information content (AvgIpc) is 2.74. The van der Waals surface area contributed by atoms with E-state index < -0.39 is 10.0 Å². The lowest BCUT2D eigenvalue weighted by atomic mass is 10.1. The predicted octanol–water partition coefficient (Wildman–Crippen LogP) is 1.87. The predicted molar refractivity (Wildman–Crippen MR) is 83.6 cm³/mol. The maximum absolute atomic E-state index is 11.9. The van der Waals surface area contributed by atoms with E-state index in [9.17, 15) is 8.42 Å². The standard InChI is InChI=1S/C12H24N4O2S2/c1-4-13-7-5-6-8-20(17,18)16-12-15-14-11(19-12)9-10(2)3/h10,13H,4-9H2,1-3H3,(H,15,16). The fraction of sp³-hybridized carbons (Fsp3) is 0.833. The van der Waals surface area contributed by atoms with Crippen molar-refractivity contribution in [1.82, 2.24) is 15.5 Å². The second kappa shape index (κ2) is 8.53. The van der Waals surface area contributed by atoms with Gasteiger partial charge in [0.1, 0.15) is 5.01 Å². The van der Waals surface area contributed by atoms with Crippen LogP contribution >= 0.6 is 11.3 Å². The Kier molecular flexibility index (Phi) is 7.39. The normalized spacial score (nSPS) is 12.0. The molecule has 0 aliphatic carbocycles. The Balaban J connectivity index is 2.39. The quantitative estimate of drug-likeness (QED) is 0.643. The third-order valence-electron chi connectivity index (χ3n) is 2.56. The number of unbranched alkanes of at least 4 members (excludes halogenated alkanes) is 1. The highest BCUT2D eigenvalue weighted by Crippen LogP contribution is 2.19. The van der Waals surface area contributed by atoms with Gasteiger partial charge in [0.2, 0.25) is 15.2 Å². The molecule has 0 aromatic carbocycles. The fourth-order valence-electron chi connectivity index (χ4n) is 1.63. The Morgan fingerprint density at radius 2 is 2.00 bits per heavy atom. The topological polar surface area (TPSA) is 84.0 Å². The number of sulfonamides is 1. The maximum atomic E-state index is 11.9. The van der Waals surface area contributed by atoms with E-state index in [-0.39, 0.29) is 5.75 Å². The van der Waals surface area contributed by atoms with Crippen molar-refractivity contribution in [3.63, 3.8) is 0 Å². The molecule has 0 spiro atoms. The molecule has 0 saturated carbocycles. The van der Waals surface area contributed by atoms with Crippen molar-refractivity contribution < 1.29 is 8.42 Å². The van der Waals surface area contributed by atoms with Gasteiger partial charge in [0.25, 0.3) is 0 Å². The second-order valence-corrected chi connectivity index (χ2v) is 7.98. The molecule has 0 saturated heterocycles. The molecule has 0 bridgehead atoms. The SMILES string of the molecule is CCNCCCCS(=O)(=O)Nc1nnc(CC(C)C)s1. The summed E-state index contributed by atoms with van der Waals surface area (Å²) in [5.74, 6) is 0.607. The molecular weight excluding hydrogens is 296 g/mol. The van der Waals surface area contributed by atoms with Crippen LogP contribution in [0.2, 0.25) is 0 Å². The van der Waals surface area contributed by atoms with E-state index >= 15 is 0 Å². The maximum Gasteiger partial charge on any atom is 0.234 e. The van der Waals surface area contributed by atoms with Crippen molar-refractivity contribution in [3.05, 3.63) is 5.01 Å². The van der Waals surface area contributed by atoms with Gasteiger partial charge in [-0.25, -0.2) is 8.42 Å². The minimum Gasteiger partial charge on any atom is -0.317 e. The van der Waals surface area contributed by atoms with Gasteiger partial charge in [-0.15, -0.1) is 10.2 Å². The molecular formula is C12H24N4O2S2. The van der Waals surface area contributed by atoms with E-state index in [2.05, 4.69) is 34.1 Å². The molecule has 0 aliphatic heterocycles. The third kappa shape index (κ3) is 7.16. The number of hydrogen-bond donors (Lipinski definition) is 2. The van der Waals surface area contributed by atoms with Crippen molar-refractivity contribution in [3.8, 4) is 0 Å². The first-order chi connectivity index (χ1) is 9.43. The van der Waals surface area contributed by atoms with E-state index in [0.29, 0.717) is 17.5 Å². The lowest BCUT2D eigenvalue weighted by molar-refractivity contribution is 0.593. The van der Waals surface area contributed by atoms with Crippen LogP contribution in [0.25, 0.3) is 0 Å². The second-order valence-electron chi connectivity index (χ2n) is 5.08. The van der Waals surface area contributed by atoms with E-state index in [1.807, 2.05) is 6.92 Å². The molecule has 0 radical (unpaired) electrons. The van der Waals surface area contributed by atoms with Crippen LogP contribution in [0.5, 0.6) is 0 Å². The van der Waals surface area contributed by atoms with Gasteiger partial charge in [0, 0.05) is 6.42 Å². The molecule has 20 heavy (non-hydrogen) atoms. The van der Waals surface area contributed by atoms with Crippen molar-refractivity contribution in [2.75, 3.05) is 23.6 Å². The Bertz CT molecular complexity index is 485. The van der Waals surface area contributed by atoms with E-state index in [1.165, 1.54) is 11.3 Å². The highest BCUT2D eigenvalue weighted by Gasteiger charge is 2.14. The number of nitrogens with one attached hydrogen (secondary N) is 2. The van der Waals surface area contributed by atoms with Crippen LogP contribution in [0.4, 0.5) is 5.13 Å². The third-order valence-corrected chi connectivity index (χ3v) is 4.88. The summed E-state index contributed by atoms with van der Waals surface area (Å²) in [5.41, 5.74) is 0. The highest BCUT2D eigenvalue weighted by molar-refractivity contribution is 7.92. The first kappa shape index (κ1) is 17.3. The lowest BCUT2D eigenvalue weighted by Gasteiger charge is -2.04. The minimum absolute atomic E-state index is 0.123. The van der Waals surface area contributed by atoms with Gasteiger partial charge in [0.05, 0.1) is 5.75 Å². The van der Waals surface area contributed by atoms with Crippen molar-refractivity contribution in [2.45, 2.75) is 40.0 Å². The number of rotatable bonds is 10. The van der Waals surface area contributed by atoms with Gasteiger partial charge in [-0.2, -0.15) is 0 Å². The molecule has 0 amide bonds. The van der Waals surface area contributed by atoms with Gasteiger partial charge >= 0.3 is 0 Å². The van der Waals surface area contributed by atoms with Crippen LogP contribution in [0.1, 0.15) is 38.6 Å². The van der Waals surface area contributed by atoms with E-state index in [1.54, 1.807) is 0 Å². The smallest absolute Gasteiger partial charge is 0.234 e. The summed E-state index contributed by atoms with van der Waals surface area (Å²) in [6.07, 6.45) is 2.31. The zero-order valence-corrected chi connectivity index (χ0v) is 14.0. The Hall–Kier alpha value is -0.730. The van der Waals surface area contributed by atoms with Crippen LogP contribution in [0.15, 0.2) is 0 Å². The summed E-state index contributed by atoms with van der Waals surface area (Å²) in [6, 6.07) is 0. The van der Waals surface area contributed by atoms with Crippen LogP contribution < -0.4 is 10.0 Å². The Morgan fingerprint density at radius 1 is 1.25 bits per heavy atom. The van der Waals surface area contributed by atoms with Crippen molar-refractivity contribution >= 4 is 26.5 Å². The molecule has 116 valence electrons. The van der Waals surface area contributed by atoms with Gasteiger partial charge in [0.15, 0.2) is 0 Å². The van der Waals surface area contributed by atoms with Gasteiger partial charge < -0.3 is 5.32 Å².